The Balaban J connectivity index is 2.40. The van der Waals surface area contributed by atoms with E-state index < -0.39 is 0 Å². The molecule has 1 aromatic carbocycles. The Morgan fingerprint density at radius 2 is 2.33 bits per heavy atom. The number of benzene rings is 1. The van der Waals surface area contributed by atoms with Gasteiger partial charge in [-0.05, 0) is 24.7 Å². The Morgan fingerprint density at radius 1 is 1.47 bits per heavy atom. The minimum Gasteiger partial charge on any atom is -0.314 e. The lowest BCUT2D eigenvalue weighted by atomic mass is 10.1. The molecule has 0 aliphatic heterocycles. The Morgan fingerprint density at radius 3 is 3.07 bits per heavy atom. The van der Waals surface area contributed by atoms with E-state index in [0.29, 0.717) is 6.54 Å². The Bertz CT molecular complexity index is 453. The lowest BCUT2D eigenvalue weighted by molar-refractivity contribution is 0.628. The average molecular weight is 222 g/mol. The molecule has 0 atom stereocenters. The van der Waals surface area contributed by atoms with Crippen LogP contribution in [0.1, 0.15) is 5.69 Å². The van der Waals surface area contributed by atoms with Crippen molar-refractivity contribution in [1.82, 2.24) is 10.3 Å². The molecule has 0 spiro atoms. The van der Waals surface area contributed by atoms with E-state index in [1.165, 1.54) is 23.5 Å². The number of rotatable bonds is 3. The van der Waals surface area contributed by atoms with Crippen LogP contribution in [0.2, 0.25) is 0 Å². The highest BCUT2D eigenvalue weighted by Crippen LogP contribution is 2.27. The minimum absolute atomic E-state index is 0.212. The fourth-order valence-corrected chi connectivity index (χ4v) is 2.24. The average Bonchev–Trinajstić information content (AvgIpc) is 2.66. The van der Waals surface area contributed by atoms with Gasteiger partial charge in [-0.25, -0.2) is 9.37 Å². The normalized spacial score (nSPS) is 10.5. The molecule has 15 heavy (non-hydrogen) atoms. The van der Waals surface area contributed by atoms with Crippen LogP contribution in [-0.2, 0) is 6.54 Å². The molecule has 2 rings (SSSR count). The third kappa shape index (κ3) is 2.22. The molecule has 0 radical (unpaired) electrons. The van der Waals surface area contributed by atoms with E-state index >= 15 is 0 Å². The number of aromatic nitrogens is 1. The maximum atomic E-state index is 13.0. The van der Waals surface area contributed by atoms with Crippen molar-refractivity contribution in [2.24, 2.45) is 0 Å². The molecule has 0 saturated carbocycles. The van der Waals surface area contributed by atoms with E-state index in [-0.39, 0.29) is 5.82 Å². The van der Waals surface area contributed by atoms with Gasteiger partial charge in [0.2, 0.25) is 0 Å². The highest BCUT2D eigenvalue weighted by atomic mass is 32.1. The SMILES string of the molecule is CNCc1ncsc1-c1cccc(F)c1. The zero-order valence-electron chi connectivity index (χ0n) is 8.33. The molecule has 2 aromatic rings. The van der Waals surface area contributed by atoms with E-state index in [1.807, 2.05) is 13.1 Å². The molecular formula is C11H11FN2S. The van der Waals surface area contributed by atoms with Crippen LogP contribution in [0, 0.1) is 5.82 Å². The first-order chi connectivity index (χ1) is 7.31. The summed E-state index contributed by atoms with van der Waals surface area (Å²) in [5, 5.41) is 3.05. The van der Waals surface area contributed by atoms with Gasteiger partial charge in [0, 0.05) is 6.54 Å². The molecule has 0 amide bonds. The molecule has 0 fully saturated rings. The molecule has 0 bridgehead atoms. The first kappa shape index (κ1) is 10.3. The smallest absolute Gasteiger partial charge is 0.123 e. The van der Waals surface area contributed by atoms with Gasteiger partial charge in [0.15, 0.2) is 0 Å². The lowest BCUT2D eigenvalue weighted by Gasteiger charge is -2.01. The van der Waals surface area contributed by atoms with Crippen LogP contribution >= 0.6 is 11.3 Å². The van der Waals surface area contributed by atoms with Gasteiger partial charge in [-0.3, -0.25) is 0 Å². The first-order valence-corrected chi connectivity index (χ1v) is 5.52. The fourth-order valence-electron chi connectivity index (χ4n) is 1.43. The summed E-state index contributed by atoms with van der Waals surface area (Å²) in [7, 11) is 1.87. The maximum absolute atomic E-state index is 13.0. The maximum Gasteiger partial charge on any atom is 0.123 e. The second-order valence-electron chi connectivity index (χ2n) is 3.17. The van der Waals surface area contributed by atoms with E-state index in [9.17, 15) is 4.39 Å². The van der Waals surface area contributed by atoms with Gasteiger partial charge in [0.1, 0.15) is 5.82 Å². The molecule has 1 N–H and O–H groups in total. The van der Waals surface area contributed by atoms with Gasteiger partial charge >= 0.3 is 0 Å². The number of halogens is 1. The largest absolute Gasteiger partial charge is 0.314 e. The van der Waals surface area contributed by atoms with Crippen LogP contribution in [-0.4, -0.2) is 12.0 Å². The van der Waals surface area contributed by atoms with Crippen molar-refractivity contribution in [2.75, 3.05) is 7.05 Å². The summed E-state index contributed by atoms with van der Waals surface area (Å²) in [4.78, 5) is 5.28. The predicted molar refractivity (Wildman–Crippen MR) is 60.3 cm³/mol. The van der Waals surface area contributed by atoms with Crippen LogP contribution in [0.25, 0.3) is 10.4 Å². The summed E-state index contributed by atoms with van der Waals surface area (Å²) in [6.07, 6.45) is 0. The molecule has 0 aliphatic rings. The van der Waals surface area contributed by atoms with Gasteiger partial charge in [0.05, 0.1) is 16.1 Å². The Labute approximate surface area is 91.8 Å². The topological polar surface area (TPSA) is 24.9 Å². The zero-order valence-corrected chi connectivity index (χ0v) is 9.14. The third-order valence-electron chi connectivity index (χ3n) is 2.07. The molecule has 0 unspecified atom stereocenters. The van der Waals surface area contributed by atoms with Crippen LogP contribution < -0.4 is 5.32 Å². The minimum atomic E-state index is -0.212. The molecule has 0 aliphatic carbocycles. The highest BCUT2D eigenvalue weighted by Gasteiger charge is 2.07. The number of nitrogens with one attached hydrogen (secondary N) is 1. The molecular weight excluding hydrogens is 211 g/mol. The Kier molecular flexibility index (Phi) is 3.08. The zero-order chi connectivity index (χ0) is 10.7. The van der Waals surface area contributed by atoms with Crippen LogP contribution in [0.15, 0.2) is 29.8 Å². The van der Waals surface area contributed by atoms with Crippen LogP contribution in [0.5, 0.6) is 0 Å². The van der Waals surface area contributed by atoms with Gasteiger partial charge in [-0.1, -0.05) is 12.1 Å². The number of thiazole rings is 1. The third-order valence-corrected chi connectivity index (χ3v) is 2.99. The van der Waals surface area contributed by atoms with Gasteiger partial charge < -0.3 is 5.32 Å². The van der Waals surface area contributed by atoms with Crippen molar-refractivity contribution in [3.05, 3.63) is 41.3 Å². The lowest BCUT2D eigenvalue weighted by Crippen LogP contribution is -2.06. The standard InChI is InChI=1S/C11H11FN2S/c1-13-6-10-11(15-7-14-10)8-3-2-4-9(12)5-8/h2-5,7,13H,6H2,1H3. The van der Waals surface area contributed by atoms with E-state index in [1.54, 1.807) is 11.6 Å². The fraction of sp³-hybridized carbons (Fsp3) is 0.182. The highest BCUT2D eigenvalue weighted by molar-refractivity contribution is 7.13. The summed E-state index contributed by atoms with van der Waals surface area (Å²) in [5.41, 5.74) is 3.64. The number of hydrogen-bond acceptors (Lipinski definition) is 3. The quantitative estimate of drug-likeness (QED) is 0.863. The van der Waals surface area contributed by atoms with Crippen molar-refractivity contribution < 1.29 is 4.39 Å². The monoisotopic (exact) mass is 222 g/mol. The van der Waals surface area contributed by atoms with Crippen molar-refractivity contribution in [3.63, 3.8) is 0 Å². The van der Waals surface area contributed by atoms with E-state index in [4.69, 9.17) is 0 Å². The molecule has 2 nitrogen and oxygen atoms in total. The summed E-state index contributed by atoms with van der Waals surface area (Å²) in [5.74, 6) is -0.212. The molecule has 1 aromatic heterocycles. The van der Waals surface area contributed by atoms with Crippen LogP contribution in [0.4, 0.5) is 4.39 Å². The Hall–Kier alpha value is -1.26. The molecule has 78 valence electrons. The second-order valence-corrected chi connectivity index (χ2v) is 4.02. The van der Waals surface area contributed by atoms with Crippen molar-refractivity contribution in [2.45, 2.75) is 6.54 Å². The van der Waals surface area contributed by atoms with Gasteiger partial charge in [-0.2, -0.15) is 0 Å². The molecule has 1 heterocycles. The predicted octanol–water partition coefficient (Wildman–Crippen LogP) is 2.67. The van der Waals surface area contributed by atoms with Crippen molar-refractivity contribution >= 4 is 11.3 Å². The number of hydrogen-bond donors (Lipinski definition) is 1. The summed E-state index contributed by atoms with van der Waals surface area (Å²) >= 11 is 1.53. The van der Waals surface area contributed by atoms with Crippen molar-refractivity contribution in [3.8, 4) is 10.4 Å². The second kappa shape index (κ2) is 4.51. The van der Waals surface area contributed by atoms with Crippen molar-refractivity contribution in [1.29, 1.82) is 0 Å². The van der Waals surface area contributed by atoms with Crippen LogP contribution in [0.3, 0.4) is 0 Å². The molecule has 4 heteroatoms. The first-order valence-electron chi connectivity index (χ1n) is 4.64. The molecule has 0 saturated heterocycles. The summed E-state index contributed by atoms with van der Waals surface area (Å²) < 4.78 is 13.0. The van der Waals surface area contributed by atoms with Gasteiger partial charge in [0.25, 0.3) is 0 Å². The summed E-state index contributed by atoms with van der Waals surface area (Å²) in [6.45, 7) is 0.704. The van der Waals surface area contributed by atoms with E-state index in [0.717, 1.165) is 16.1 Å². The van der Waals surface area contributed by atoms with Gasteiger partial charge in [-0.15, -0.1) is 11.3 Å². The van der Waals surface area contributed by atoms with E-state index in [2.05, 4.69) is 10.3 Å². The summed E-state index contributed by atoms with van der Waals surface area (Å²) in [6, 6.07) is 6.60. The number of nitrogens with zero attached hydrogens (tertiary/aromatic N) is 1.